The number of benzene rings is 3. The van der Waals surface area contributed by atoms with Gasteiger partial charge in [0.15, 0.2) is 0 Å². The Morgan fingerprint density at radius 3 is 1.77 bits per heavy atom. The molecule has 3 aromatic carbocycles. The number of aromatic hydroxyl groups is 1. The van der Waals surface area contributed by atoms with Crippen LogP contribution in [0.2, 0.25) is 0 Å². The standard InChI is InChI=1S/C37H42O3/c1-3-31(29-20-22-35(38)33(24-29)26-14-8-5-9-15-26)32(4-2)30-21-23-36(34(25-30)27-16-10-6-11-17-27)40-37(39)28-18-12-7-13-19-28/h3-4,7,12-13,18-27,38H,5-6,8-11,14-17H2,1-2H3/b31-3+,32-4-. The zero-order valence-electron chi connectivity index (χ0n) is 24.0. The maximum absolute atomic E-state index is 13.0. The second-order valence-electron chi connectivity index (χ2n) is 11.4. The first-order chi connectivity index (χ1) is 19.6. The van der Waals surface area contributed by atoms with E-state index in [4.69, 9.17) is 4.74 Å². The minimum atomic E-state index is -0.315. The molecule has 0 radical (unpaired) electrons. The average Bonchev–Trinajstić information content (AvgIpc) is 3.02. The Morgan fingerprint density at radius 1 is 0.675 bits per heavy atom. The summed E-state index contributed by atoms with van der Waals surface area (Å²) in [5.41, 5.74) is 7.34. The second-order valence-corrected chi connectivity index (χ2v) is 11.4. The highest BCUT2D eigenvalue weighted by molar-refractivity contribution is 6.05. The van der Waals surface area contributed by atoms with Crippen LogP contribution in [0.15, 0.2) is 78.9 Å². The number of hydrogen-bond donors (Lipinski definition) is 1. The van der Waals surface area contributed by atoms with Crippen LogP contribution in [0.5, 0.6) is 11.5 Å². The van der Waals surface area contributed by atoms with E-state index in [1.165, 1.54) is 38.5 Å². The molecule has 0 aromatic heterocycles. The van der Waals surface area contributed by atoms with Gasteiger partial charge in [-0.05, 0) is 121 Å². The fourth-order valence-corrected chi connectivity index (χ4v) is 6.69. The van der Waals surface area contributed by atoms with E-state index in [1.54, 1.807) is 12.1 Å². The van der Waals surface area contributed by atoms with Crippen LogP contribution in [0.1, 0.15) is 123 Å². The van der Waals surface area contributed by atoms with E-state index < -0.39 is 0 Å². The minimum absolute atomic E-state index is 0.315. The van der Waals surface area contributed by atoms with Crippen LogP contribution in [0.3, 0.4) is 0 Å². The third-order valence-electron chi connectivity index (χ3n) is 8.83. The van der Waals surface area contributed by atoms with Crippen LogP contribution < -0.4 is 4.74 Å². The maximum Gasteiger partial charge on any atom is 0.343 e. The number of esters is 1. The summed E-state index contributed by atoms with van der Waals surface area (Å²) in [6, 6.07) is 21.7. The Labute approximate surface area is 239 Å². The van der Waals surface area contributed by atoms with Gasteiger partial charge in [-0.1, -0.05) is 81.0 Å². The zero-order chi connectivity index (χ0) is 27.9. The van der Waals surface area contributed by atoms with Crippen LogP contribution in [-0.4, -0.2) is 11.1 Å². The first-order valence-electron chi connectivity index (χ1n) is 15.2. The predicted octanol–water partition coefficient (Wildman–Crippen LogP) is 10.2. The number of ether oxygens (including phenoxy) is 1. The first-order valence-corrected chi connectivity index (χ1v) is 15.2. The average molecular weight is 535 g/mol. The summed E-state index contributed by atoms with van der Waals surface area (Å²) >= 11 is 0. The molecule has 2 fully saturated rings. The maximum atomic E-state index is 13.0. The Hall–Kier alpha value is -3.59. The normalized spacial score (nSPS) is 17.6. The fourth-order valence-electron chi connectivity index (χ4n) is 6.69. The van der Waals surface area contributed by atoms with Crippen LogP contribution in [0, 0.1) is 0 Å². The van der Waals surface area contributed by atoms with Crippen LogP contribution in [0.4, 0.5) is 0 Å². The molecule has 0 bridgehead atoms. The molecule has 3 nitrogen and oxygen atoms in total. The summed E-state index contributed by atoms with van der Waals surface area (Å²) in [6.07, 6.45) is 16.3. The lowest BCUT2D eigenvalue weighted by atomic mass is 9.80. The van der Waals surface area contributed by atoms with Crippen molar-refractivity contribution in [3.63, 3.8) is 0 Å². The SMILES string of the molecule is C/C=C(\C(=C\C)c1ccc(O)c(C2CCCCC2)c1)c1ccc(OC(=O)c2ccccc2)c(C2CCCCC2)c1. The van der Waals surface area contributed by atoms with Gasteiger partial charge in [-0.25, -0.2) is 4.79 Å². The Morgan fingerprint density at radius 2 is 1.20 bits per heavy atom. The Bertz CT molecular complexity index is 1370. The van der Waals surface area contributed by atoms with Crippen molar-refractivity contribution in [2.75, 3.05) is 0 Å². The van der Waals surface area contributed by atoms with Gasteiger partial charge in [0.1, 0.15) is 11.5 Å². The van der Waals surface area contributed by atoms with E-state index in [-0.39, 0.29) is 5.97 Å². The fraction of sp³-hybridized carbons (Fsp3) is 0.378. The number of phenols is 1. The molecule has 40 heavy (non-hydrogen) atoms. The van der Waals surface area contributed by atoms with E-state index in [0.717, 1.165) is 59.1 Å². The van der Waals surface area contributed by atoms with E-state index in [9.17, 15) is 9.90 Å². The lowest BCUT2D eigenvalue weighted by Gasteiger charge is -2.26. The molecule has 0 aliphatic heterocycles. The molecule has 0 unspecified atom stereocenters. The highest BCUT2D eigenvalue weighted by atomic mass is 16.5. The molecule has 208 valence electrons. The summed E-state index contributed by atoms with van der Waals surface area (Å²) in [4.78, 5) is 13.0. The molecule has 2 aliphatic carbocycles. The van der Waals surface area contributed by atoms with Crippen molar-refractivity contribution < 1.29 is 14.6 Å². The van der Waals surface area contributed by atoms with Gasteiger partial charge in [0, 0.05) is 0 Å². The van der Waals surface area contributed by atoms with Gasteiger partial charge >= 0.3 is 5.97 Å². The van der Waals surface area contributed by atoms with Crippen molar-refractivity contribution in [3.8, 4) is 11.5 Å². The Balaban J connectivity index is 1.49. The third kappa shape index (κ3) is 6.25. The van der Waals surface area contributed by atoms with E-state index >= 15 is 0 Å². The number of rotatable bonds is 7. The van der Waals surface area contributed by atoms with Crippen molar-refractivity contribution in [1.29, 1.82) is 0 Å². The first kappa shape index (κ1) is 28.0. The van der Waals surface area contributed by atoms with E-state index in [0.29, 0.717) is 28.9 Å². The van der Waals surface area contributed by atoms with Crippen LogP contribution in [0.25, 0.3) is 11.1 Å². The molecule has 2 saturated carbocycles. The molecule has 0 spiro atoms. The largest absolute Gasteiger partial charge is 0.508 e. The zero-order valence-corrected chi connectivity index (χ0v) is 24.0. The van der Waals surface area contributed by atoms with Crippen LogP contribution in [-0.2, 0) is 0 Å². The highest BCUT2D eigenvalue weighted by Gasteiger charge is 2.24. The van der Waals surface area contributed by atoms with Gasteiger partial charge in [0.05, 0.1) is 5.56 Å². The van der Waals surface area contributed by atoms with Gasteiger partial charge in [-0.2, -0.15) is 0 Å². The molecule has 5 rings (SSSR count). The number of carbonyl (C=O) groups is 1. The van der Waals surface area contributed by atoms with Crippen molar-refractivity contribution >= 4 is 17.1 Å². The van der Waals surface area contributed by atoms with Gasteiger partial charge < -0.3 is 9.84 Å². The number of carbonyl (C=O) groups excluding carboxylic acids is 1. The van der Waals surface area contributed by atoms with Gasteiger partial charge in [0.25, 0.3) is 0 Å². The molecule has 0 atom stereocenters. The van der Waals surface area contributed by atoms with Gasteiger partial charge in [-0.15, -0.1) is 0 Å². The molecule has 3 heteroatoms. The summed E-state index contributed by atoms with van der Waals surface area (Å²) in [5.74, 6) is 1.58. The molecule has 0 amide bonds. The number of allylic oxidation sites excluding steroid dienone is 4. The molecule has 0 heterocycles. The summed E-state index contributed by atoms with van der Waals surface area (Å²) in [7, 11) is 0. The highest BCUT2D eigenvalue weighted by Crippen LogP contribution is 2.43. The van der Waals surface area contributed by atoms with Gasteiger partial charge in [-0.3, -0.25) is 0 Å². The number of hydrogen-bond acceptors (Lipinski definition) is 3. The van der Waals surface area contributed by atoms with Crippen molar-refractivity contribution in [2.45, 2.75) is 89.9 Å². The third-order valence-corrected chi connectivity index (χ3v) is 8.83. The quantitative estimate of drug-likeness (QED) is 0.186. The van der Waals surface area contributed by atoms with Crippen LogP contribution >= 0.6 is 0 Å². The summed E-state index contributed by atoms with van der Waals surface area (Å²) in [5, 5.41) is 10.7. The molecule has 2 aliphatic rings. The predicted molar refractivity (Wildman–Crippen MR) is 165 cm³/mol. The van der Waals surface area contributed by atoms with Crippen molar-refractivity contribution in [2.24, 2.45) is 0 Å². The second kappa shape index (κ2) is 13.2. The van der Waals surface area contributed by atoms with Crippen molar-refractivity contribution in [3.05, 3.63) is 107 Å². The summed E-state index contributed by atoms with van der Waals surface area (Å²) in [6.45, 7) is 4.18. The molecular formula is C37H42O3. The molecule has 3 aromatic rings. The lowest BCUT2D eigenvalue weighted by molar-refractivity contribution is 0.0732. The minimum Gasteiger partial charge on any atom is -0.508 e. The van der Waals surface area contributed by atoms with E-state index in [2.05, 4.69) is 44.2 Å². The molecular weight excluding hydrogens is 492 g/mol. The topological polar surface area (TPSA) is 46.5 Å². The summed E-state index contributed by atoms with van der Waals surface area (Å²) < 4.78 is 6.02. The monoisotopic (exact) mass is 534 g/mol. The number of phenolic OH excluding ortho intramolecular Hbond substituents is 1. The van der Waals surface area contributed by atoms with E-state index in [1.807, 2.05) is 36.4 Å². The smallest absolute Gasteiger partial charge is 0.343 e. The Kier molecular flexibility index (Phi) is 9.21. The molecule has 1 N–H and O–H groups in total. The lowest BCUT2D eigenvalue weighted by Crippen LogP contribution is -2.13. The van der Waals surface area contributed by atoms with Crippen molar-refractivity contribution in [1.82, 2.24) is 0 Å². The van der Waals surface area contributed by atoms with Gasteiger partial charge in [0.2, 0.25) is 0 Å². The molecule has 0 saturated heterocycles.